The summed E-state index contributed by atoms with van der Waals surface area (Å²) < 4.78 is 2.16. The van der Waals surface area contributed by atoms with E-state index in [0.717, 1.165) is 0 Å². The van der Waals surface area contributed by atoms with Gasteiger partial charge in [0.15, 0.2) is 12.4 Å². The highest BCUT2D eigenvalue weighted by Crippen LogP contribution is 2.36. The molecule has 0 spiro atoms. The Bertz CT molecular complexity index is 1600. The van der Waals surface area contributed by atoms with Crippen molar-refractivity contribution in [1.82, 2.24) is 0 Å². The molecule has 0 saturated carbocycles. The number of nitro groups is 3. The van der Waals surface area contributed by atoms with Gasteiger partial charge >= 0.3 is 0 Å². The molecule has 0 unspecified atom stereocenters. The Morgan fingerprint density at radius 3 is 1.86 bits per heavy atom. The Labute approximate surface area is 202 Å². The van der Waals surface area contributed by atoms with Gasteiger partial charge in [0.2, 0.25) is 5.52 Å². The number of nitro benzene ring substituents is 3. The first kappa shape index (κ1) is 23.7. The Balaban J connectivity index is 0.000000175. The fraction of sp³-hybridized carbons (Fsp3) is 0. The number of aromatic nitrogens is 1. The van der Waals surface area contributed by atoms with Gasteiger partial charge in [0, 0.05) is 23.6 Å². The summed E-state index contributed by atoms with van der Waals surface area (Å²) in [5.41, 5.74) is 0.471. The smallest absolute Gasteiger partial charge is 0.283 e. The molecule has 2 heterocycles. The van der Waals surface area contributed by atoms with Crippen molar-refractivity contribution in [3.63, 3.8) is 0 Å². The van der Waals surface area contributed by atoms with Gasteiger partial charge < -0.3 is 5.11 Å². The number of nitrogens with zero attached hydrogens (tertiary/aromatic N) is 4. The number of benzene rings is 3. The summed E-state index contributed by atoms with van der Waals surface area (Å²) in [6, 6.07) is 26.4. The first-order valence-electron chi connectivity index (χ1n) is 10.4. The fourth-order valence-electron chi connectivity index (χ4n) is 3.61. The Morgan fingerprint density at radius 2 is 1.25 bits per heavy atom. The van der Waals surface area contributed by atoms with Crippen molar-refractivity contribution in [2.75, 3.05) is 0 Å². The molecule has 3 aromatic carbocycles. The molecule has 0 fully saturated rings. The van der Waals surface area contributed by atoms with E-state index in [9.17, 15) is 35.4 Å². The summed E-state index contributed by atoms with van der Waals surface area (Å²) in [6.45, 7) is 0. The number of hydrogen-bond donors (Lipinski definition) is 0. The van der Waals surface area contributed by atoms with Crippen LogP contribution in [0.15, 0.2) is 97.3 Å². The van der Waals surface area contributed by atoms with Crippen LogP contribution in [0.25, 0.3) is 27.4 Å². The third-order valence-electron chi connectivity index (χ3n) is 5.34. The highest BCUT2D eigenvalue weighted by atomic mass is 16.6. The van der Waals surface area contributed by atoms with Crippen molar-refractivity contribution in [1.29, 1.82) is 0 Å². The van der Waals surface area contributed by atoms with Crippen LogP contribution in [0, 0.1) is 30.3 Å². The molecular formula is C25H16N4O7. The maximum atomic E-state index is 11.1. The lowest BCUT2D eigenvalue weighted by atomic mass is 10.0. The van der Waals surface area contributed by atoms with Gasteiger partial charge in [-0.25, -0.2) is 0 Å². The van der Waals surface area contributed by atoms with Crippen LogP contribution in [-0.4, -0.2) is 14.8 Å². The highest BCUT2D eigenvalue weighted by molar-refractivity contribution is 5.88. The molecule has 36 heavy (non-hydrogen) atoms. The number of pyridine rings is 2. The van der Waals surface area contributed by atoms with E-state index in [4.69, 9.17) is 0 Å². The maximum Gasteiger partial charge on any atom is 0.283 e. The molecule has 5 rings (SSSR count). The number of rotatable bonds is 4. The van der Waals surface area contributed by atoms with Gasteiger partial charge in [0.1, 0.15) is 0 Å². The molecule has 2 aromatic heterocycles. The molecule has 5 aromatic rings. The van der Waals surface area contributed by atoms with E-state index >= 15 is 0 Å². The molecular weight excluding hydrogens is 468 g/mol. The van der Waals surface area contributed by atoms with Crippen LogP contribution in [0.5, 0.6) is 5.75 Å². The highest BCUT2D eigenvalue weighted by Gasteiger charge is 2.24. The Morgan fingerprint density at radius 1 is 0.611 bits per heavy atom. The second-order valence-corrected chi connectivity index (χ2v) is 7.60. The maximum absolute atomic E-state index is 11.1. The zero-order valence-electron chi connectivity index (χ0n) is 18.4. The standard InChI is InChI=1S/C19H14N.C6H3N3O7/c1-2-6-15(7-3-1)16-9-10-17-14-20-11-5-4-8-19(20)13-18(17)12-16;10-6-4(8(13)14)1-3(7(11)12)2-5(6)9(15)16/h1-14H;1-2,10H/q+1;/p-1. The average Bonchev–Trinajstić information content (AvgIpc) is 2.87. The van der Waals surface area contributed by atoms with Crippen molar-refractivity contribution < 1.29 is 24.3 Å². The van der Waals surface area contributed by atoms with Gasteiger partial charge in [-0.2, -0.15) is 4.40 Å². The van der Waals surface area contributed by atoms with E-state index < -0.39 is 37.6 Å². The first-order chi connectivity index (χ1) is 17.2. The molecule has 0 aliphatic heterocycles. The Kier molecular flexibility index (Phi) is 6.46. The van der Waals surface area contributed by atoms with E-state index in [-0.39, 0.29) is 0 Å². The second kappa shape index (κ2) is 9.81. The largest absolute Gasteiger partial charge is 0.863 e. The van der Waals surface area contributed by atoms with Crippen LogP contribution < -0.4 is 9.51 Å². The van der Waals surface area contributed by atoms with Gasteiger partial charge in [-0.15, -0.1) is 0 Å². The molecule has 0 atom stereocenters. The summed E-state index contributed by atoms with van der Waals surface area (Å²) in [7, 11) is 0. The molecule has 0 amide bonds. The topological polar surface area (TPSA) is 157 Å². The summed E-state index contributed by atoms with van der Waals surface area (Å²) in [5.74, 6) is -1.46. The summed E-state index contributed by atoms with van der Waals surface area (Å²) in [6.07, 6.45) is 4.26. The van der Waals surface area contributed by atoms with Crippen LogP contribution in [-0.2, 0) is 0 Å². The number of hydrogen-bond acceptors (Lipinski definition) is 7. The minimum atomic E-state index is -1.46. The van der Waals surface area contributed by atoms with Gasteiger partial charge in [0.25, 0.3) is 17.1 Å². The molecule has 0 radical (unpaired) electrons. The zero-order valence-corrected chi connectivity index (χ0v) is 18.4. The van der Waals surface area contributed by atoms with E-state index in [0.29, 0.717) is 12.1 Å². The van der Waals surface area contributed by atoms with Gasteiger partial charge in [0.05, 0.1) is 32.7 Å². The van der Waals surface area contributed by atoms with Crippen LogP contribution in [0.1, 0.15) is 0 Å². The predicted octanol–water partition coefficient (Wildman–Crippen LogP) is 4.73. The van der Waals surface area contributed by atoms with E-state index in [1.807, 2.05) is 0 Å². The third-order valence-corrected chi connectivity index (χ3v) is 5.34. The lowest BCUT2D eigenvalue weighted by Gasteiger charge is -2.06. The van der Waals surface area contributed by atoms with E-state index in [1.165, 1.54) is 27.4 Å². The first-order valence-corrected chi connectivity index (χ1v) is 10.4. The van der Waals surface area contributed by atoms with Gasteiger partial charge in [-0.3, -0.25) is 30.3 Å². The molecule has 0 aliphatic rings. The van der Waals surface area contributed by atoms with Crippen LogP contribution in [0.2, 0.25) is 0 Å². The van der Waals surface area contributed by atoms with Crippen molar-refractivity contribution >= 4 is 33.4 Å². The van der Waals surface area contributed by atoms with Crippen LogP contribution >= 0.6 is 0 Å². The van der Waals surface area contributed by atoms with Gasteiger partial charge in [-0.1, -0.05) is 36.4 Å². The second-order valence-electron chi connectivity index (χ2n) is 7.60. The molecule has 0 bridgehead atoms. The lowest BCUT2D eigenvalue weighted by molar-refractivity contribution is -0.510. The lowest BCUT2D eigenvalue weighted by Crippen LogP contribution is -2.19. The minimum Gasteiger partial charge on any atom is -0.863 e. The molecule has 0 aliphatic carbocycles. The number of fused-ring (bicyclic) bond motifs is 2. The quantitative estimate of drug-likeness (QED) is 0.154. The SMILES string of the molecule is O=[N+]([O-])c1cc([N+](=O)[O-])c([O-])c([N+](=O)[O-])c1.c1ccc(-c2ccc3c[n+]4ccccc4cc3c2)cc1. The Hall–Kier alpha value is -5.45. The molecule has 0 N–H and O–H groups in total. The normalized spacial score (nSPS) is 10.4. The molecule has 11 heteroatoms. The van der Waals surface area contributed by atoms with Crippen molar-refractivity contribution in [3.05, 3.63) is 128 Å². The minimum absolute atomic E-state index is 0.384. The average molecular weight is 484 g/mol. The van der Waals surface area contributed by atoms with E-state index in [2.05, 4.69) is 89.6 Å². The zero-order chi connectivity index (χ0) is 25.8. The summed E-state index contributed by atoms with van der Waals surface area (Å²) in [5, 5.41) is 44.6. The van der Waals surface area contributed by atoms with E-state index in [1.54, 1.807) is 0 Å². The van der Waals surface area contributed by atoms with Crippen molar-refractivity contribution in [2.45, 2.75) is 0 Å². The summed E-state index contributed by atoms with van der Waals surface area (Å²) in [4.78, 5) is 27.5. The van der Waals surface area contributed by atoms with Crippen LogP contribution in [0.3, 0.4) is 0 Å². The molecule has 11 nitrogen and oxygen atoms in total. The number of non-ortho nitro benzene ring substituents is 1. The van der Waals surface area contributed by atoms with Crippen molar-refractivity contribution in [3.8, 4) is 16.9 Å². The monoisotopic (exact) mass is 484 g/mol. The van der Waals surface area contributed by atoms with Crippen molar-refractivity contribution in [2.24, 2.45) is 0 Å². The van der Waals surface area contributed by atoms with Crippen LogP contribution in [0.4, 0.5) is 17.1 Å². The fourth-order valence-corrected chi connectivity index (χ4v) is 3.61. The summed E-state index contributed by atoms with van der Waals surface area (Å²) >= 11 is 0. The predicted molar refractivity (Wildman–Crippen MR) is 128 cm³/mol. The van der Waals surface area contributed by atoms with Gasteiger partial charge in [-0.05, 0) is 34.7 Å². The molecule has 178 valence electrons. The molecule has 0 saturated heterocycles. The third kappa shape index (κ3) is 4.89.